The lowest BCUT2D eigenvalue weighted by molar-refractivity contribution is -0.116. The molecule has 0 bridgehead atoms. The molecule has 1 unspecified atom stereocenters. The number of halogens is 3. The molecular weight excluding hydrogens is 334 g/mol. The van der Waals surface area contributed by atoms with Gasteiger partial charge in [-0.3, -0.25) is 4.79 Å². The zero-order valence-electron chi connectivity index (χ0n) is 12.1. The van der Waals surface area contributed by atoms with Crippen LogP contribution in [-0.2, 0) is 4.79 Å². The van der Waals surface area contributed by atoms with Crippen molar-refractivity contribution in [3.05, 3.63) is 23.8 Å². The van der Waals surface area contributed by atoms with Crippen molar-refractivity contribution in [3.63, 3.8) is 0 Å². The number of amides is 1. The fourth-order valence-corrected chi connectivity index (χ4v) is 3.04. The molecule has 1 heterocycles. The van der Waals surface area contributed by atoms with Gasteiger partial charge in [-0.1, -0.05) is 6.07 Å². The first-order valence-corrected chi connectivity index (χ1v) is 7.86. The Morgan fingerprint density at radius 3 is 2.95 bits per heavy atom. The zero-order valence-corrected chi connectivity index (χ0v) is 13.7. The fraction of sp³-hybridized carbons (Fsp3) is 0.500. The minimum atomic E-state index is -2.88. The molecular formula is C14H19ClF2N2O2S. The molecule has 1 atom stereocenters. The summed E-state index contributed by atoms with van der Waals surface area (Å²) < 4.78 is 29.0. The Bertz CT molecular complexity index is 500. The van der Waals surface area contributed by atoms with Crippen molar-refractivity contribution in [3.8, 4) is 5.75 Å². The summed E-state index contributed by atoms with van der Waals surface area (Å²) in [7, 11) is 0. The molecule has 1 aromatic rings. The first kappa shape index (κ1) is 19.0. The van der Waals surface area contributed by atoms with Crippen molar-refractivity contribution in [1.82, 2.24) is 5.32 Å². The van der Waals surface area contributed by atoms with E-state index >= 15 is 0 Å². The lowest BCUT2D eigenvalue weighted by Crippen LogP contribution is -2.39. The van der Waals surface area contributed by atoms with Gasteiger partial charge in [0.05, 0.1) is 0 Å². The van der Waals surface area contributed by atoms with Gasteiger partial charge in [0.15, 0.2) is 0 Å². The Morgan fingerprint density at radius 1 is 1.55 bits per heavy atom. The summed E-state index contributed by atoms with van der Waals surface area (Å²) in [5.41, 5.74) is 1.06. The van der Waals surface area contributed by atoms with E-state index in [1.165, 1.54) is 6.07 Å². The summed E-state index contributed by atoms with van der Waals surface area (Å²) in [5.74, 6) is 1.90. The maximum absolute atomic E-state index is 12.3. The highest BCUT2D eigenvalue weighted by Gasteiger charge is 2.17. The van der Waals surface area contributed by atoms with Gasteiger partial charge in [0.25, 0.3) is 0 Å². The topological polar surface area (TPSA) is 50.4 Å². The summed E-state index contributed by atoms with van der Waals surface area (Å²) in [6, 6.07) is 4.89. The molecule has 2 rings (SSSR count). The molecule has 1 aromatic carbocycles. The predicted molar refractivity (Wildman–Crippen MR) is 87.4 cm³/mol. The van der Waals surface area contributed by atoms with E-state index in [1.54, 1.807) is 19.1 Å². The van der Waals surface area contributed by atoms with Crippen LogP contribution in [0.15, 0.2) is 18.2 Å². The second-order valence-corrected chi connectivity index (χ2v) is 5.99. The number of benzene rings is 1. The van der Waals surface area contributed by atoms with Crippen LogP contribution in [0.1, 0.15) is 12.0 Å². The molecule has 4 nitrogen and oxygen atoms in total. The van der Waals surface area contributed by atoms with Gasteiger partial charge in [-0.15, -0.1) is 12.4 Å². The van der Waals surface area contributed by atoms with E-state index in [0.29, 0.717) is 17.7 Å². The molecule has 1 saturated heterocycles. The number of hydrogen-bond donors (Lipinski definition) is 2. The summed E-state index contributed by atoms with van der Waals surface area (Å²) in [6.45, 7) is -0.301. The molecule has 8 heteroatoms. The number of hydrogen-bond acceptors (Lipinski definition) is 4. The lowest BCUT2D eigenvalue weighted by atomic mass is 10.2. The average molecular weight is 353 g/mol. The van der Waals surface area contributed by atoms with Crippen LogP contribution in [0.2, 0.25) is 0 Å². The van der Waals surface area contributed by atoms with Crippen molar-refractivity contribution >= 4 is 35.8 Å². The van der Waals surface area contributed by atoms with Gasteiger partial charge in [-0.05, 0) is 18.6 Å². The van der Waals surface area contributed by atoms with Crippen LogP contribution < -0.4 is 15.4 Å². The third-order valence-electron chi connectivity index (χ3n) is 3.12. The smallest absolute Gasteiger partial charge is 0.387 e. The molecule has 1 aliphatic rings. The molecule has 1 amide bonds. The van der Waals surface area contributed by atoms with Crippen LogP contribution in [0.25, 0.3) is 0 Å². The predicted octanol–water partition coefficient (Wildman–Crippen LogP) is 3.05. The number of alkyl halides is 2. The Balaban J connectivity index is 0.00000242. The molecule has 22 heavy (non-hydrogen) atoms. The molecule has 1 aliphatic heterocycles. The van der Waals surface area contributed by atoms with E-state index in [9.17, 15) is 13.6 Å². The number of carbonyl (C=O) groups is 1. The van der Waals surface area contributed by atoms with Crippen LogP contribution >= 0.6 is 24.2 Å². The van der Waals surface area contributed by atoms with Crippen LogP contribution in [0, 0.1) is 6.92 Å². The molecule has 124 valence electrons. The average Bonchev–Trinajstić information content (AvgIpc) is 2.43. The second-order valence-electron chi connectivity index (χ2n) is 4.84. The van der Waals surface area contributed by atoms with E-state index < -0.39 is 6.61 Å². The third-order valence-corrected chi connectivity index (χ3v) is 4.25. The number of nitrogens with one attached hydrogen (secondary N) is 2. The Labute approximate surface area is 138 Å². The van der Waals surface area contributed by atoms with Crippen molar-refractivity contribution < 1.29 is 18.3 Å². The highest BCUT2D eigenvalue weighted by atomic mass is 35.5. The van der Waals surface area contributed by atoms with E-state index in [4.69, 9.17) is 0 Å². The monoisotopic (exact) mass is 352 g/mol. The number of anilines is 1. The summed E-state index contributed by atoms with van der Waals surface area (Å²) in [6.07, 6.45) is 0.367. The summed E-state index contributed by atoms with van der Waals surface area (Å²) in [4.78, 5) is 11.9. The van der Waals surface area contributed by atoms with Crippen molar-refractivity contribution in [1.29, 1.82) is 0 Å². The maximum Gasteiger partial charge on any atom is 0.387 e. The first-order valence-electron chi connectivity index (χ1n) is 6.71. The minimum absolute atomic E-state index is 0. The van der Waals surface area contributed by atoms with Gasteiger partial charge in [-0.25, -0.2) is 0 Å². The number of aryl methyl sites for hydroxylation is 1. The molecule has 0 radical (unpaired) electrons. The Kier molecular flexibility index (Phi) is 7.92. The molecule has 0 aromatic heterocycles. The van der Waals surface area contributed by atoms with E-state index in [0.717, 1.165) is 18.1 Å². The minimum Gasteiger partial charge on any atom is -0.434 e. The van der Waals surface area contributed by atoms with Crippen molar-refractivity contribution in [2.75, 3.05) is 23.4 Å². The van der Waals surface area contributed by atoms with Gasteiger partial charge in [-0.2, -0.15) is 20.5 Å². The summed E-state index contributed by atoms with van der Waals surface area (Å²) in [5, 5.41) is 5.99. The van der Waals surface area contributed by atoms with Gasteiger partial charge >= 0.3 is 6.61 Å². The van der Waals surface area contributed by atoms with E-state index in [-0.39, 0.29) is 30.1 Å². The third kappa shape index (κ3) is 5.98. The van der Waals surface area contributed by atoms with Gasteiger partial charge in [0.2, 0.25) is 5.91 Å². The van der Waals surface area contributed by atoms with Crippen LogP contribution in [0.5, 0.6) is 5.75 Å². The zero-order chi connectivity index (χ0) is 15.2. The lowest BCUT2D eigenvalue weighted by Gasteiger charge is -2.22. The highest BCUT2D eigenvalue weighted by molar-refractivity contribution is 7.99. The maximum atomic E-state index is 12.3. The number of thioether (sulfide) groups is 1. The van der Waals surface area contributed by atoms with E-state index in [1.807, 2.05) is 11.8 Å². The standard InChI is InChI=1S/C14H18F2N2O2S.ClH/c1-9-2-3-10(6-12(9)20-14(15)16)18-13(19)7-11-8-21-5-4-17-11;/h2-3,6,11,14,17H,4-5,7-8H2,1H3,(H,18,19);1H. The molecule has 0 spiro atoms. The fourth-order valence-electron chi connectivity index (χ4n) is 2.09. The highest BCUT2D eigenvalue weighted by Crippen LogP contribution is 2.24. The Hall–Kier alpha value is -1.05. The SMILES string of the molecule is Cc1ccc(NC(=O)CC2CSCCN2)cc1OC(F)F.Cl. The number of ether oxygens (including phenoxy) is 1. The van der Waals surface area contributed by atoms with Crippen molar-refractivity contribution in [2.24, 2.45) is 0 Å². The quantitative estimate of drug-likeness (QED) is 0.855. The molecule has 1 fully saturated rings. The second kappa shape index (κ2) is 9.17. The molecule has 0 aliphatic carbocycles. The first-order chi connectivity index (χ1) is 10.0. The van der Waals surface area contributed by atoms with Crippen molar-refractivity contribution in [2.45, 2.75) is 26.0 Å². The Morgan fingerprint density at radius 2 is 2.32 bits per heavy atom. The summed E-state index contributed by atoms with van der Waals surface area (Å²) >= 11 is 1.82. The van der Waals surface area contributed by atoms with Gasteiger partial charge in [0, 0.05) is 42.3 Å². The largest absolute Gasteiger partial charge is 0.434 e. The molecule has 2 N–H and O–H groups in total. The number of carbonyl (C=O) groups excluding carboxylic acids is 1. The molecule has 0 saturated carbocycles. The number of rotatable bonds is 5. The van der Waals surface area contributed by atoms with E-state index in [2.05, 4.69) is 15.4 Å². The van der Waals surface area contributed by atoms with Crippen LogP contribution in [-0.4, -0.2) is 36.6 Å². The van der Waals surface area contributed by atoms with Crippen LogP contribution in [0.4, 0.5) is 14.5 Å². The van der Waals surface area contributed by atoms with Gasteiger partial charge in [0.1, 0.15) is 5.75 Å². The van der Waals surface area contributed by atoms with Gasteiger partial charge < -0.3 is 15.4 Å². The van der Waals surface area contributed by atoms with Crippen LogP contribution in [0.3, 0.4) is 0 Å². The normalized spacial score (nSPS) is 17.7.